The van der Waals surface area contributed by atoms with Crippen LogP contribution in [0.1, 0.15) is 21.5 Å². The highest BCUT2D eigenvalue weighted by atomic mass is 35.5. The minimum atomic E-state index is -1.40. The number of benzene rings is 2. The zero-order valence-electron chi connectivity index (χ0n) is 14.4. The van der Waals surface area contributed by atoms with Gasteiger partial charge < -0.3 is 0 Å². The monoisotopic (exact) mass is 370 g/mol. The first kappa shape index (κ1) is 16.2. The van der Waals surface area contributed by atoms with Crippen molar-refractivity contribution in [3.05, 3.63) is 107 Å². The Morgan fingerprint density at radius 1 is 0.852 bits per heavy atom. The topological polar surface area (TPSA) is 34.1 Å². The van der Waals surface area contributed by atoms with Gasteiger partial charge in [0, 0.05) is 11.5 Å². The molecule has 27 heavy (non-hydrogen) atoms. The van der Waals surface area contributed by atoms with Gasteiger partial charge in [0.15, 0.2) is 0 Å². The third-order valence-corrected chi connectivity index (χ3v) is 6.14. The minimum Gasteiger partial charge on any atom is -0.288 e. The van der Waals surface area contributed by atoms with Gasteiger partial charge in [-0.15, -0.1) is 11.6 Å². The number of Topliss-reactive ketones (excluding diaryl/α,β-unsaturated/α-hetero) is 2. The van der Waals surface area contributed by atoms with Crippen molar-refractivity contribution < 1.29 is 9.59 Å². The van der Waals surface area contributed by atoms with Crippen molar-refractivity contribution in [2.24, 2.45) is 5.92 Å². The lowest BCUT2D eigenvalue weighted by molar-refractivity contribution is -0.116. The Balaban J connectivity index is 1.86. The smallest absolute Gasteiger partial charge is 0.231 e. The lowest BCUT2D eigenvalue weighted by Gasteiger charge is -2.42. The molecule has 0 radical (unpaired) electrons. The van der Waals surface area contributed by atoms with Crippen molar-refractivity contribution in [3.8, 4) is 0 Å². The van der Waals surface area contributed by atoms with Crippen LogP contribution in [0.2, 0.25) is 0 Å². The number of rotatable bonds is 1. The van der Waals surface area contributed by atoms with Crippen molar-refractivity contribution in [2.75, 3.05) is 0 Å². The molecule has 3 heteroatoms. The molecule has 130 valence electrons. The number of hydrogen-bond donors (Lipinski definition) is 0. The number of ketones is 2. The number of halogens is 1. The summed E-state index contributed by atoms with van der Waals surface area (Å²) in [4.78, 5) is 24.5. The van der Waals surface area contributed by atoms with Gasteiger partial charge in [0.2, 0.25) is 11.6 Å². The van der Waals surface area contributed by atoms with E-state index >= 15 is 0 Å². The van der Waals surface area contributed by atoms with Gasteiger partial charge in [-0.05, 0) is 33.9 Å². The molecule has 0 heterocycles. The maximum Gasteiger partial charge on any atom is 0.231 e. The van der Waals surface area contributed by atoms with Crippen molar-refractivity contribution in [2.45, 2.75) is 4.87 Å². The van der Waals surface area contributed by atoms with Crippen LogP contribution >= 0.6 is 11.6 Å². The summed E-state index contributed by atoms with van der Waals surface area (Å²) < 4.78 is 0. The fourth-order valence-electron chi connectivity index (χ4n) is 4.25. The summed E-state index contributed by atoms with van der Waals surface area (Å²) in [5.74, 6) is -1.45. The van der Waals surface area contributed by atoms with Gasteiger partial charge in [-0.2, -0.15) is 0 Å². The summed E-state index contributed by atoms with van der Waals surface area (Å²) >= 11 is 7.02. The molecule has 3 aliphatic rings. The van der Waals surface area contributed by atoms with Crippen LogP contribution < -0.4 is 0 Å². The van der Waals surface area contributed by atoms with Gasteiger partial charge in [-0.1, -0.05) is 78.9 Å². The number of allylic oxidation sites excluding steroid dienone is 8. The van der Waals surface area contributed by atoms with Gasteiger partial charge in [0.1, 0.15) is 4.87 Å². The third kappa shape index (κ3) is 2.14. The van der Waals surface area contributed by atoms with E-state index in [0.717, 1.165) is 22.3 Å². The van der Waals surface area contributed by atoms with E-state index < -0.39 is 16.4 Å². The SMILES string of the molecule is O=C1C(=O)[C@]2(Cl)C(=CC(c3ccccc3)=C3C=CC=C[C@H]32)c2ccccc21. The summed E-state index contributed by atoms with van der Waals surface area (Å²) in [5.41, 5.74) is 4.93. The van der Waals surface area contributed by atoms with E-state index in [1.165, 1.54) is 0 Å². The Bertz CT molecular complexity index is 1120. The van der Waals surface area contributed by atoms with Crippen molar-refractivity contribution in [3.63, 3.8) is 0 Å². The molecule has 0 bridgehead atoms. The van der Waals surface area contributed by atoms with Gasteiger partial charge in [0.25, 0.3) is 0 Å². The van der Waals surface area contributed by atoms with Gasteiger partial charge in [-0.25, -0.2) is 0 Å². The van der Waals surface area contributed by atoms with E-state index in [9.17, 15) is 9.59 Å². The van der Waals surface area contributed by atoms with E-state index in [1.807, 2.05) is 72.8 Å². The summed E-state index contributed by atoms with van der Waals surface area (Å²) in [6.07, 6.45) is 9.74. The van der Waals surface area contributed by atoms with Crippen LogP contribution in [-0.2, 0) is 4.79 Å². The van der Waals surface area contributed by atoms with E-state index in [-0.39, 0.29) is 5.92 Å². The Morgan fingerprint density at radius 2 is 1.56 bits per heavy atom. The fourth-order valence-corrected chi connectivity index (χ4v) is 4.69. The second-order valence-corrected chi connectivity index (χ2v) is 7.53. The maximum absolute atomic E-state index is 13.1. The van der Waals surface area contributed by atoms with Crippen molar-refractivity contribution in [1.82, 2.24) is 0 Å². The number of carbonyl (C=O) groups excluding carboxylic acids is 2. The molecule has 2 aromatic rings. The van der Waals surface area contributed by atoms with Crippen molar-refractivity contribution in [1.29, 1.82) is 0 Å². The van der Waals surface area contributed by atoms with Crippen LogP contribution in [0.4, 0.5) is 0 Å². The van der Waals surface area contributed by atoms with Crippen LogP contribution in [-0.4, -0.2) is 16.4 Å². The average molecular weight is 371 g/mol. The highest BCUT2D eigenvalue weighted by Gasteiger charge is 2.56. The second kappa shape index (κ2) is 5.77. The lowest BCUT2D eigenvalue weighted by atomic mass is 9.64. The molecular weight excluding hydrogens is 356 g/mol. The lowest BCUT2D eigenvalue weighted by Crippen LogP contribution is -2.50. The first-order valence-corrected chi connectivity index (χ1v) is 9.24. The quantitative estimate of drug-likeness (QED) is 0.521. The van der Waals surface area contributed by atoms with E-state index in [0.29, 0.717) is 11.1 Å². The number of alkyl halides is 1. The Labute approximate surface area is 162 Å². The van der Waals surface area contributed by atoms with Crippen LogP contribution in [0, 0.1) is 5.92 Å². The average Bonchev–Trinajstić information content (AvgIpc) is 2.73. The molecule has 0 aliphatic heterocycles. The number of carbonyl (C=O) groups is 2. The molecule has 0 saturated carbocycles. The molecule has 0 spiro atoms. The van der Waals surface area contributed by atoms with E-state index in [2.05, 4.69) is 0 Å². The standard InChI is InChI=1S/C24H15ClO2/c25-24-20-13-7-6-11-17(20)19(15-8-2-1-3-9-15)14-21(24)16-10-4-5-12-18(16)22(26)23(24)27/h1-14,20H/t20-,24-/m1/s1. The highest BCUT2D eigenvalue weighted by molar-refractivity contribution is 6.62. The molecule has 2 nitrogen and oxygen atoms in total. The molecule has 0 unspecified atom stereocenters. The van der Waals surface area contributed by atoms with Crippen LogP contribution in [0.5, 0.6) is 0 Å². The fraction of sp³-hybridized carbons (Fsp3) is 0.0833. The van der Waals surface area contributed by atoms with E-state index in [1.54, 1.807) is 12.1 Å². The predicted molar refractivity (Wildman–Crippen MR) is 107 cm³/mol. The number of fused-ring (bicyclic) bond motifs is 5. The highest BCUT2D eigenvalue weighted by Crippen LogP contribution is 2.54. The van der Waals surface area contributed by atoms with Crippen LogP contribution in [0.15, 0.2) is 90.6 Å². The molecule has 0 aromatic heterocycles. The Morgan fingerprint density at radius 3 is 2.33 bits per heavy atom. The molecular formula is C24H15ClO2. The molecule has 0 fully saturated rings. The zero-order chi connectivity index (χ0) is 18.6. The molecule has 0 amide bonds. The predicted octanol–water partition coefficient (Wildman–Crippen LogP) is 5.02. The zero-order valence-corrected chi connectivity index (χ0v) is 15.1. The minimum absolute atomic E-state index is 0.385. The first-order chi connectivity index (χ1) is 13.1. The summed E-state index contributed by atoms with van der Waals surface area (Å²) in [7, 11) is 0. The summed E-state index contributed by atoms with van der Waals surface area (Å²) in [5, 5.41) is 0. The third-order valence-electron chi connectivity index (χ3n) is 5.53. The molecule has 0 saturated heterocycles. The molecule has 0 N–H and O–H groups in total. The molecule has 2 aromatic carbocycles. The first-order valence-electron chi connectivity index (χ1n) is 8.86. The summed E-state index contributed by atoms with van der Waals surface area (Å²) in [6.45, 7) is 0. The molecule has 3 aliphatic carbocycles. The van der Waals surface area contributed by atoms with Gasteiger partial charge in [0.05, 0.1) is 0 Å². The number of hydrogen-bond acceptors (Lipinski definition) is 2. The van der Waals surface area contributed by atoms with E-state index in [4.69, 9.17) is 11.6 Å². The maximum atomic E-state index is 13.1. The Hall–Kier alpha value is -2.97. The molecule has 5 rings (SSSR count). The van der Waals surface area contributed by atoms with Crippen molar-refractivity contribution >= 4 is 34.3 Å². The van der Waals surface area contributed by atoms with Gasteiger partial charge >= 0.3 is 0 Å². The largest absolute Gasteiger partial charge is 0.288 e. The summed E-state index contributed by atoms with van der Waals surface area (Å²) in [6, 6.07) is 17.3. The van der Waals surface area contributed by atoms with Crippen LogP contribution in [0.25, 0.3) is 11.1 Å². The normalized spacial score (nSPS) is 25.7. The molecule has 2 atom stereocenters. The Kier molecular flexibility index (Phi) is 3.46. The second-order valence-electron chi connectivity index (χ2n) is 6.93. The van der Waals surface area contributed by atoms with Crippen LogP contribution in [0.3, 0.4) is 0 Å². The van der Waals surface area contributed by atoms with Gasteiger partial charge in [-0.3, -0.25) is 9.59 Å².